The van der Waals surface area contributed by atoms with Gasteiger partial charge in [-0.3, -0.25) is 9.19 Å². The van der Waals surface area contributed by atoms with Crippen LogP contribution in [0.15, 0.2) is 83.5 Å². The lowest BCUT2D eigenvalue weighted by molar-refractivity contribution is 0.679. The van der Waals surface area contributed by atoms with Gasteiger partial charge in [0.15, 0.2) is 0 Å². The van der Waals surface area contributed by atoms with Crippen LogP contribution in [0.4, 0.5) is 0 Å². The van der Waals surface area contributed by atoms with Gasteiger partial charge >= 0.3 is 0 Å². The van der Waals surface area contributed by atoms with E-state index >= 15 is 0 Å². The summed E-state index contributed by atoms with van der Waals surface area (Å²) in [6, 6.07) is 22.6. The molecule has 0 bridgehead atoms. The van der Waals surface area contributed by atoms with Crippen molar-refractivity contribution in [3.05, 3.63) is 90.4 Å². The Morgan fingerprint density at radius 1 is 0.968 bits per heavy atom. The Balaban J connectivity index is 1.31. The Hall–Kier alpha value is -3.16. The molecule has 0 aliphatic heterocycles. The molecule has 0 saturated carbocycles. The first-order valence-corrected chi connectivity index (χ1v) is 12.1. The highest BCUT2D eigenvalue weighted by atomic mass is 32.2. The molecular formula is C24H20N4OS2. The molecule has 0 N–H and O–H groups in total. The number of imidazole rings is 1. The molecular weight excluding hydrogens is 424 g/mol. The maximum atomic E-state index is 12.6. The number of hydrogen-bond donors (Lipinski definition) is 0. The van der Waals surface area contributed by atoms with Crippen molar-refractivity contribution in [1.29, 1.82) is 0 Å². The fraction of sp³-hybridized carbons (Fsp3) is 0.125. The summed E-state index contributed by atoms with van der Waals surface area (Å²) >= 11 is 1.38. The molecule has 0 saturated heterocycles. The zero-order valence-corrected chi connectivity index (χ0v) is 18.6. The zero-order chi connectivity index (χ0) is 21.2. The summed E-state index contributed by atoms with van der Waals surface area (Å²) in [6.07, 6.45) is 4.31. The van der Waals surface area contributed by atoms with Crippen LogP contribution >= 0.6 is 11.3 Å². The van der Waals surface area contributed by atoms with E-state index in [1.807, 2.05) is 24.4 Å². The predicted molar refractivity (Wildman–Crippen MR) is 126 cm³/mol. The average molecular weight is 445 g/mol. The second-order valence-electron chi connectivity index (χ2n) is 7.29. The summed E-state index contributed by atoms with van der Waals surface area (Å²) in [5.41, 5.74) is 6.46. The molecule has 154 valence electrons. The first-order chi connectivity index (χ1) is 15.2. The van der Waals surface area contributed by atoms with Gasteiger partial charge < -0.3 is 0 Å². The van der Waals surface area contributed by atoms with Crippen LogP contribution in [0.25, 0.3) is 27.3 Å². The third-order valence-electron chi connectivity index (χ3n) is 5.02. The Morgan fingerprint density at radius 3 is 2.55 bits per heavy atom. The van der Waals surface area contributed by atoms with Crippen molar-refractivity contribution in [1.82, 2.24) is 19.6 Å². The maximum Gasteiger partial charge on any atom is 0.213 e. The summed E-state index contributed by atoms with van der Waals surface area (Å²) in [6.45, 7) is 2.10. The van der Waals surface area contributed by atoms with Crippen molar-refractivity contribution in [2.24, 2.45) is 0 Å². The normalized spacial score (nSPS) is 12.3. The van der Waals surface area contributed by atoms with Gasteiger partial charge in [0.2, 0.25) is 9.30 Å². The fourth-order valence-corrected chi connectivity index (χ4v) is 5.61. The van der Waals surface area contributed by atoms with Crippen LogP contribution in [0.3, 0.4) is 0 Å². The summed E-state index contributed by atoms with van der Waals surface area (Å²) < 4.78 is 14.9. The van der Waals surface area contributed by atoms with Crippen molar-refractivity contribution < 1.29 is 4.21 Å². The van der Waals surface area contributed by atoms with E-state index in [9.17, 15) is 4.21 Å². The van der Waals surface area contributed by atoms with Crippen LogP contribution in [0.5, 0.6) is 0 Å². The molecule has 3 aromatic heterocycles. The average Bonchev–Trinajstić information content (AvgIpc) is 3.38. The minimum Gasteiger partial charge on any atom is -0.261 e. The lowest BCUT2D eigenvalue weighted by Crippen LogP contribution is -2.03. The number of pyridine rings is 1. The molecule has 5 nitrogen and oxygen atoms in total. The molecule has 0 aliphatic carbocycles. The summed E-state index contributed by atoms with van der Waals surface area (Å²) in [7, 11) is -1.17. The Bertz CT molecular complexity index is 1330. The molecule has 0 spiro atoms. The van der Waals surface area contributed by atoms with Gasteiger partial charge in [-0.1, -0.05) is 71.5 Å². The Kier molecular flexibility index (Phi) is 5.44. The van der Waals surface area contributed by atoms with E-state index in [1.165, 1.54) is 28.0 Å². The second kappa shape index (κ2) is 8.53. The largest absolute Gasteiger partial charge is 0.261 e. The monoisotopic (exact) mass is 444 g/mol. The van der Waals surface area contributed by atoms with Gasteiger partial charge in [-0.05, 0) is 30.2 Å². The van der Waals surface area contributed by atoms with Crippen LogP contribution in [0, 0.1) is 6.92 Å². The highest BCUT2D eigenvalue weighted by molar-refractivity contribution is 7.87. The number of fused-ring (bicyclic) bond motifs is 1. The number of aromatic nitrogens is 4. The van der Waals surface area contributed by atoms with Gasteiger partial charge in [0, 0.05) is 29.6 Å². The first-order valence-electron chi connectivity index (χ1n) is 9.98. The van der Waals surface area contributed by atoms with Gasteiger partial charge in [0.25, 0.3) is 0 Å². The molecule has 0 amide bonds. The van der Waals surface area contributed by atoms with Crippen molar-refractivity contribution >= 4 is 27.1 Å². The number of nitrogens with zero attached hydrogens (tertiary/aromatic N) is 4. The van der Waals surface area contributed by atoms with E-state index in [0.29, 0.717) is 16.5 Å². The van der Waals surface area contributed by atoms with Gasteiger partial charge in [0.05, 0.1) is 22.7 Å². The Labute approximate surface area is 186 Å². The quantitative estimate of drug-likeness (QED) is 0.362. The van der Waals surface area contributed by atoms with E-state index < -0.39 is 10.8 Å². The number of rotatable bonds is 6. The standard InChI is InChI=1S/C24H20N4OS2/c1-17-5-4-6-20(15-17)18-8-10-19(11-9-18)22-16-28-23(26-22)30-24(27-28)31(29)14-12-21-7-2-3-13-25-21/h2-11,13,15-16H,12,14H2,1H3. The molecule has 0 radical (unpaired) electrons. The summed E-state index contributed by atoms with van der Waals surface area (Å²) in [5, 5.41) is 4.50. The molecule has 31 heavy (non-hydrogen) atoms. The second-order valence-corrected chi connectivity index (χ2v) is 9.99. The van der Waals surface area contributed by atoms with Crippen LogP contribution in [-0.2, 0) is 17.2 Å². The van der Waals surface area contributed by atoms with Gasteiger partial charge in [0.1, 0.15) is 0 Å². The molecule has 0 aliphatic rings. The van der Waals surface area contributed by atoms with Gasteiger partial charge in [-0.25, -0.2) is 9.50 Å². The van der Waals surface area contributed by atoms with E-state index in [0.717, 1.165) is 21.9 Å². The smallest absolute Gasteiger partial charge is 0.213 e. The van der Waals surface area contributed by atoms with Crippen molar-refractivity contribution in [2.75, 3.05) is 5.75 Å². The molecule has 3 heterocycles. The molecule has 7 heteroatoms. The SMILES string of the molecule is Cc1cccc(-c2ccc(-c3cn4nc(S(=O)CCc5ccccn5)sc4n3)cc2)c1. The molecule has 1 atom stereocenters. The van der Waals surface area contributed by atoms with E-state index in [-0.39, 0.29) is 0 Å². The zero-order valence-electron chi connectivity index (χ0n) is 16.9. The van der Waals surface area contributed by atoms with Crippen LogP contribution < -0.4 is 0 Å². The fourth-order valence-electron chi connectivity index (χ4n) is 3.40. The molecule has 2 aromatic carbocycles. The van der Waals surface area contributed by atoms with E-state index in [2.05, 4.69) is 65.5 Å². The van der Waals surface area contributed by atoms with Crippen molar-refractivity contribution in [2.45, 2.75) is 17.7 Å². The van der Waals surface area contributed by atoms with Crippen LogP contribution in [-0.4, -0.2) is 29.5 Å². The molecule has 5 aromatic rings. The third kappa shape index (κ3) is 4.33. The minimum absolute atomic E-state index is 0.501. The van der Waals surface area contributed by atoms with Crippen LogP contribution in [0.2, 0.25) is 0 Å². The number of benzene rings is 2. The third-order valence-corrected chi connectivity index (χ3v) is 7.59. The molecule has 0 fully saturated rings. The highest BCUT2D eigenvalue weighted by Crippen LogP contribution is 2.27. The lowest BCUT2D eigenvalue weighted by atomic mass is 10.0. The van der Waals surface area contributed by atoms with Gasteiger partial charge in [-0.2, -0.15) is 0 Å². The maximum absolute atomic E-state index is 12.6. The van der Waals surface area contributed by atoms with Crippen molar-refractivity contribution in [3.8, 4) is 22.4 Å². The van der Waals surface area contributed by atoms with E-state index in [4.69, 9.17) is 4.98 Å². The summed E-state index contributed by atoms with van der Waals surface area (Å²) in [4.78, 5) is 9.73. The molecule has 1 unspecified atom stereocenters. The Morgan fingerprint density at radius 2 is 1.81 bits per heavy atom. The van der Waals surface area contributed by atoms with Crippen LogP contribution in [0.1, 0.15) is 11.3 Å². The van der Waals surface area contributed by atoms with Gasteiger partial charge in [-0.15, -0.1) is 5.10 Å². The number of aryl methyl sites for hydroxylation is 2. The lowest BCUT2D eigenvalue weighted by Gasteiger charge is -2.04. The summed E-state index contributed by atoms with van der Waals surface area (Å²) in [5.74, 6) is 0.501. The van der Waals surface area contributed by atoms with E-state index in [1.54, 1.807) is 10.7 Å². The minimum atomic E-state index is -1.17. The highest BCUT2D eigenvalue weighted by Gasteiger charge is 2.14. The first kappa shape index (κ1) is 19.8. The van der Waals surface area contributed by atoms with Crippen molar-refractivity contribution in [3.63, 3.8) is 0 Å². The predicted octanol–water partition coefficient (Wildman–Crippen LogP) is 5.18. The molecule has 5 rings (SSSR count). The number of hydrogen-bond acceptors (Lipinski definition) is 5. The topological polar surface area (TPSA) is 60.2 Å².